The normalized spacial score (nSPS) is 22.7. The van der Waals surface area contributed by atoms with E-state index in [9.17, 15) is 0 Å². The number of piperidine rings is 1. The van der Waals surface area contributed by atoms with Crippen molar-refractivity contribution in [2.45, 2.75) is 37.0 Å². The molecular weight excluding hydrogens is 234 g/mol. The molecule has 2 aliphatic heterocycles. The highest BCUT2D eigenvalue weighted by Crippen LogP contribution is 2.50. The summed E-state index contributed by atoms with van der Waals surface area (Å²) in [5.74, 6) is 1.33. The van der Waals surface area contributed by atoms with Gasteiger partial charge in [0.2, 0.25) is 0 Å². The molecule has 0 aliphatic carbocycles. The molecule has 3 heteroatoms. The number of fused-ring (bicyclic) bond motifs is 2. The van der Waals surface area contributed by atoms with Crippen LogP contribution < -0.4 is 0 Å². The van der Waals surface area contributed by atoms with E-state index in [1.165, 1.54) is 31.7 Å². The minimum Gasteiger partial charge on any atom is -0.306 e. The fourth-order valence-electron chi connectivity index (χ4n) is 2.54. The predicted octanol–water partition coefficient (Wildman–Crippen LogP) is 3.84. The smallest absolute Gasteiger partial charge is 0.0217 e. The molecule has 1 aromatic heterocycles. The summed E-state index contributed by atoms with van der Waals surface area (Å²) >= 11 is 3.95. The van der Waals surface area contributed by atoms with Crippen molar-refractivity contribution in [2.75, 3.05) is 25.9 Å². The van der Waals surface area contributed by atoms with Crippen molar-refractivity contribution in [1.29, 1.82) is 0 Å². The first kappa shape index (κ1) is 12.5. The third-order valence-corrected chi connectivity index (χ3v) is 5.88. The summed E-state index contributed by atoms with van der Waals surface area (Å²) in [6.07, 6.45) is 2.72. The van der Waals surface area contributed by atoms with Crippen LogP contribution in [-0.2, 0) is 5.41 Å². The van der Waals surface area contributed by atoms with Crippen LogP contribution >= 0.6 is 23.1 Å². The molecule has 0 saturated carbocycles. The van der Waals surface area contributed by atoms with Gasteiger partial charge in [0.15, 0.2) is 0 Å². The van der Waals surface area contributed by atoms with Gasteiger partial charge in [0, 0.05) is 21.4 Å². The van der Waals surface area contributed by atoms with Crippen LogP contribution in [0.4, 0.5) is 0 Å². The molecule has 0 unspecified atom stereocenters. The molecule has 0 bridgehead atoms. The van der Waals surface area contributed by atoms with Crippen LogP contribution in [0.5, 0.6) is 0 Å². The van der Waals surface area contributed by atoms with Crippen molar-refractivity contribution < 1.29 is 0 Å². The van der Waals surface area contributed by atoms with Crippen LogP contribution in [0.1, 0.15) is 32.3 Å². The Morgan fingerprint density at radius 2 is 1.88 bits per heavy atom. The molecule has 0 aromatic carbocycles. The summed E-state index contributed by atoms with van der Waals surface area (Å²) in [6.45, 7) is 6.55. The second kappa shape index (κ2) is 5.11. The number of thioether (sulfide) groups is 1. The monoisotopic (exact) mass is 255 g/mol. The molecule has 0 N–H and O–H groups in total. The summed E-state index contributed by atoms with van der Waals surface area (Å²) in [4.78, 5) is 4.03. The fraction of sp³-hybridized carbons (Fsp3) is 0.692. The second-order valence-corrected chi connectivity index (χ2v) is 6.28. The number of hydrogen-bond acceptors (Lipinski definition) is 3. The lowest BCUT2D eigenvalue weighted by Gasteiger charge is -2.37. The van der Waals surface area contributed by atoms with Gasteiger partial charge in [-0.2, -0.15) is 11.3 Å². The summed E-state index contributed by atoms with van der Waals surface area (Å²) < 4.78 is 0. The van der Waals surface area contributed by atoms with Crippen LogP contribution in [0.3, 0.4) is 0 Å². The largest absolute Gasteiger partial charge is 0.306 e. The van der Waals surface area contributed by atoms with Gasteiger partial charge in [-0.1, -0.05) is 13.8 Å². The van der Waals surface area contributed by atoms with Crippen LogP contribution in [0, 0.1) is 0 Å². The Balaban J connectivity index is 0.000000457. The van der Waals surface area contributed by atoms with Gasteiger partial charge in [-0.3, -0.25) is 0 Å². The van der Waals surface area contributed by atoms with Crippen LogP contribution in [-0.4, -0.2) is 30.8 Å². The predicted molar refractivity (Wildman–Crippen MR) is 74.8 cm³/mol. The molecule has 0 atom stereocenters. The van der Waals surface area contributed by atoms with Gasteiger partial charge in [0.1, 0.15) is 0 Å². The summed E-state index contributed by atoms with van der Waals surface area (Å²) in [7, 11) is 2.24. The first-order valence-corrected chi connectivity index (χ1v) is 8.11. The highest BCUT2D eigenvalue weighted by molar-refractivity contribution is 7.99. The molecule has 16 heavy (non-hydrogen) atoms. The molecule has 90 valence electrons. The van der Waals surface area contributed by atoms with Crippen LogP contribution in [0.25, 0.3) is 0 Å². The van der Waals surface area contributed by atoms with E-state index < -0.39 is 0 Å². The van der Waals surface area contributed by atoms with Crippen molar-refractivity contribution >= 4 is 23.1 Å². The lowest BCUT2D eigenvalue weighted by atomic mass is 9.76. The molecule has 1 aromatic rings. The van der Waals surface area contributed by atoms with E-state index in [-0.39, 0.29) is 0 Å². The SMILES string of the molecule is CC.CN1CCC2(CC1)CSc1cscc12. The maximum atomic E-state index is 2.46. The van der Waals surface area contributed by atoms with Gasteiger partial charge in [0.05, 0.1) is 0 Å². The molecule has 3 heterocycles. The van der Waals surface area contributed by atoms with Crippen LogP contribution in [0.2, 0.25) is 0 Å². The zero-order valence-electron chi connectivity index (χ0n) is 10.5. The Morgan fingerprint density at radius 3 is 2.56 bits per heavy atom. The first-order chi connectivity index (χ1) is 7.80. The third kappa shape index (κ3) is 2.05. The van der Waals surface area contributed by atoms with E-state index in [0.29, 0.717) is 5.41 Å². The Bertz CT molecular complexity index is 337. The molecular formula is C13H21NS2. The van der Waals surface area contributed by atoms with Crippen molar-refractivity contribution in [3.8, 4) is 0 Å². The fourth-order valence-corrected chi connectivity index (χ4v) is 5.19. The van der Waals surface area contributed by atoms with Crippen molar-refractivity contribution in [3.05, 3.63) is 16.3 Å². The van der Waals surface area contributed by atoms with Gasteiger partial charge >= 0.3 is 0 Å². The van der Waals surface area contributed by atoms with E-state index in [1.807, 2.05) is 25.2 Å². The number of hydrogen-bond donors (Lipinski definition) is 0. The number of nitrogens with zero attached hydrogens (tertiary/aromatic N) is 1. The molecule has 0 amide bonds. The Hall–Kier alpha value is 0.0100. The minimum atomic E-state index is 0.548. The van der Waals surface area contributed by atoms with Gasteiger partial charge in [-0.05, 0) is 43.9 Å². The van der Waals surface area contributed by atoms with E-state index in [4.69, 9.17) is 0 Å². The highest BCUT2D eigenvalue weighted by Gasteiger charge is 2.41. The average Bonchev–Trinajstić information content (AvgIpc) is 2.90. The second-order valence-electron chi connectivity index (χ2n) is 4.52. The van der Waals surface area contributed by atoms with E-state index in [2.05, 4.69) is 34.5 Å². The topological polar surface area (TPSA) is 3.24 Å². The molecule has 1 nitrogen and oxygen atoms in total. The van der Waals surface area contributed by atoms with Gasteiger partial charge in [-0.25, -0.2) is 0 Å². The van der Waals surface area contributed by atoms with E-state index >= 15 is 0 Å². The van der Waals surface area contributed by atoms with Crippen molar-refractivity contribution in [2.24, 2.45) is 0 Å². The average molecular weight is 255 g/mol. The Morgan fingerprint density at radius 1 is 1.19 bits per heavy atom. The minimum absolute atomic E-state index is 0.548. The molecule has 1 saturated heterocycles. The van der Waals surface area contributed by atoms with Crippen molar-refractivity contribution in [3.63, 3.8) is 0 Å². The van der Waals surface area contributed by atoms with Gasteiger partial charge < -0.3 is 4.90 Å². The number of thiophene rings is 1. The zero-order valence-corrected chi connectivity index (χ0v) is 12.1. The van der Waals surface area contributed by atoms with Crippen LogP contribution in [0.15, 0.2) is 15.7 Å². The highest BCUT2D eigenvalue weighted by atomic mass is 32.2. The summed E-state index contributed by atoms with van der Waals surface area (Å²) in [5.41, 5.74) is 2.22. The van der Waals surface area contributed by atoms with Crippen molar-refractivity contribution in [1.82, 2.24) is 4.90 Å². The Kier molecular flexibility index (Phi) is 3.98. The molecule has 1 spiro atoms. The standard InChI is InChI=1S/C11H15NS2.C2H6/c1-12-4-2-11(3-5-12)8-14-10-7-13-6-9(10)11;1-2/h6-7H,2-5,8H2,1H3;1-2H3. The van der Waals surface area contributed by atoms with E-state index in [1.54, 1.807) is 10.5 Å². The number of rotatable bonds is 0. The lowest BCUT2D eigenvalue weighted by Crippen LogP contribution is -2.40. The van der Waals surface area contributed by atoms with E-state index in [0.717, 1.165) is 0 Å². The molecule has 0 radical (unpaired) electrons. The third-order valence-electron chi connectivity index (χ3n) is 3.65. The van der Waals surface area contributed by atoms with Gasteiger partial charge in [0.25, 0.3) is 0 Å². The van der Waals surface area contributed by atoms with Gasteiger partial charge in [-0.15, -0.1) is 11.8 Å². The number of likely N-dealkylation sites (tertiary alicyclic amines) is 1. The molecule has 3 rings (SSSR count). The quantitative estimate of drug-likeness (QED) is 0.693. The maximum absolute atomic E-state index is 2.46. The molecule has 2 aliphatic rings. The maximum Gasteiger partial charge on any atom is 0.0217 e. The first-order valence-electron chi connectivity index (χ1n) is 6.18. The summed E-state index contributed by atoms with van der Waals surface area (Å²) in [5, 5.41) is 4.72. The summed E-state index contributed by atoms with van der Waals surface area (Å²) in [6, 6.07) is 0. The Labute approximate surface area is 107 Å². The lowest BCUT2D eigenvalue weighted by molar-refractivity contribution is 0.204. The zero-order chi connectivity index (χ0) is 11.6. The molecule has 1 fully saturated rings.